The van der Waals surface area contributed by atoms with Crippen molar-refractivity contribution in [1.29, 1.82) is 0 Å². The molecule has 130 valence electrons. The Kier molecular flexibility index (Phi) is 6.40. The molecular formula is C19H24FNO2S. The fourth-order valence-electron chi connectivity index (χ4n) is 2.93. The normalized spacial score (nSPS) is 14.0. The van der Waals surface area contributed by atoms with Gasteiger partial charge in [-0.1, -0.05) is 18.2 Å². The third kappa shape index (κ3) is 4.36. The van der Waals surface area contributed by atoms with Crippen molar-refractivity contribution in [1.82, 2.24) is 4.90 Å². The third-order valence-corrected chi connectivity index (χ3v) is 4.45. The summed E-state index contributed by atoms with van der Waals surface area (Å²) in [6, 6.07) is 11.2. The van der Waals surface area contributed by atoms with Crippen LogP contribution in [0.4, 0.5) is 4.39 Å². The highest BCUT2D eigenvalue weighted by Gasteiger charge is 2.33. The van der Waals surface area contributed by atoms with Crippen LogP contribution < -0.4 is 0 Å². The summed E-state index contributed by atoms with van der Waals surface area (Å²) in [5, 5.41) is 21.2. The van der Waals surface area contributed by atoms with E-state index in [1.54, 1.807) is 30.3 Å². The maximum absolute atomic E-state index is 13.3. The van der Waals surface area contributed by atoms with Gasteiger partial charge in [-0.25, -0.2) is 4.39 Å². The predicted octanol–water partition coefficient (Wildman–Crippen LogP) is 3.18. The molecule has 24 heavy (non-hydrogen) atoms. The van der Waals surface area contributed by atoms with Crippen molar-refractivity contribution < 1.29 is 14.6 Å². The van der Waals surface area contributed by atoms with Crippen LogP contribution in [0.25, 0.3) is 0 Å². The van der Waals surface area contributed by atoms with Gasteiger partial charge in [0, 0.05) is 4.90 Å². The molecule has 0 fully saturated rings. The van der Waals surface area contributed by atoms with E-state index in [9.17, 15) is 14.6 Å². The molecule has 0 saturated heterocycles. The van der Waals surface area contributed by atoms with E-state index in [1.165, 1.54) is 12.1 Å². The van der Waals surface area contributed by atoms with Crippen molar-refractivity contribution in [3.05, 3.63) is 65.0 Å². The zero-order chi connectivity index (χ0) is 17.7. The van der Waals surface area contributed by atoms with Crippen molar-refractivity contribution in [2.75, 3.05) is 20.6 Å². The summed E-state index contributed by atoms with van der Waals surface area (Å²) < 4.78 is 13.3. The number of benzene rings is 2. The molecule has 0 bridgehead atoms. The van der Waals surface area contributed by atoms with Gasteiger partial charge in [0.2, 0.25) is 0 Å². The lowest BCUT2D eigenvalue weighted by Gasteiger charge is -2.32. The quantitative estimate of drug-likeness (QED) is 0.673. The fraction of sp³-hybridized carbons (Fsp3) is 0.368. The van der Waals surface area contributed by atoms with E-state index < -0.39 is 5.60 Å². The Morgan fingerprint density at radius 2 is 1.79 bits per heavy atom. The second-order valence-corrected chi connectivity index (χ2v) is 6.79. The van der Waals surface area contributed by atoms with Crippen molar-refractivity contribution in [3.63, 3.8) is 0 Å². The van der Waals surface area contributed by atoms with Crippen LogP contribution in [0.15, 0.2) is 47.4 Å². The van der Waals surface area contributed by atoms with Crippen LogP contribution in [0.2, 0.25) is 0 Å². The minimum absolute atomic E-state index is 0.194. The Balaban J connectivity index is 2.47. The number of hydrogen-bond acceptors (Lipinski definition) is 4. The van der Waals surface area contributed by atoms with Crippen LogP contribution in [0, 0.1) is 5.82 Å². The SMILES string of the molecule is CN(C)CCCC(O)(c1ccc(F)cc1)c1ccc(S)cc1CO. The minimum atomic E-state index is -1.29. The van der Waals surface area contributed by atoms with E-state index in [2.05, 4.69) is 17.5 Å². The fourth-order valence-corrected chi connectivity index (χ4v) is 3.16. The number of aliphatic hydroxyl groups is 2. The summed E-state index contributed by atoms with van der Waals surface area (Å²) >= 11 is 4.30. The highest BCUT2D eigenvalue weighted by molar-refractivity contribution is 7.80. The van der Waals surface area contributed by atoms with E-state index in [1.807, 2.05) is 14.1 Å². The van der Waals surface area contributed by atoms with Crippen LogP contribution in [-0.2, 0) is 12.2 Å². The van der Waals surface area contributed by atoms with Gasteiger partial charge >= 0.3 is 0 Å². The molecule has 1 atom stereocenters. The number of thiol groups is 1. The van der Waals surface area contributed by atoms with Gasteiger partial charge in [-0.2, -0.15) is 0 Å². The first-order valence-corrected chi connectivity index (χ1v) is 8.38. The van der Waals surface area contributed by atoms with Gasteiger partial charge in [0.15, 0.2) is 0 Å². The molecule has 0 amide bonds. The standard InChI is InChI=1S/C19H24FNO2S/c1-21(2)11-3-10-19(23,15-4-6-16(20)7-5-15)18-9-8-17(24)12-14(18)13-22/h4-9,12,22-24H,3,10-11,13H2,1-2H3. The maximum atomic E-state index is 13.3. The number of hydrogen-bond donors (Lipinski definition) is 3. The predicted molar refractivity (Wildman–Crippen MR) is 96.8 cm³/mol. The molecule has 0 aliphatic rings. The van der Waals surface area contributed by atoms with Gasteiger partial charge in [0.05, 0.1) is 6.61 Å². The van der Waals surface area contributed by atoms with Gasteiger partial charge in [0.25, 0.3) is 0 Å². The second kappa shape index (κ2) is 8.12. The summed E-state index contributed by atoms with van der Waals surface area (Å²) in [7, 11) is 3.96. The van der Waals surface area contributed by atoms with Crippen LogP contribution in [0.5, 0.6) is 0 Å². The van der Waals surface area contributed by atoms with Crippen molar-refractivity contribution >= 4 is 12.6 Å². The highest BCUT2D eigenvalue weighted by atomic mass is 32.1. The number of nitrogens with zero attached hydrogens (tertiary/aromatic N) is 1. The molecule has 0 heterocycles. The highest BCUT2D eigenvalue weighted by Crippen LogP contribution is 2.37. The summed E-state index contributed by atoms with van der Waals surface area (Å²) in [5.41, 5.74) is 0.583. The Labute approximate surface area is 148 Å². The number of rotatable bonds is 7. The molecule has 0 aliphatic carbocycles. The first-order valence-electron chi connectivity index (χ1n) is 7.93. The minimum Gasteiger partial charge on any atom is -0.392 e. The van der Waals surface area contributed by atoms with Gasteiger partial charge < -0.3 is 15.1 Å². The average molecular weight is 349 g/mol. The molecule has 2 aromatic rings. The molecule has 0 aliphatic heterocycles. The lowest BCUT2D eigenvalue weighted by atomic mass is 9.80. The van der Waals surface area contributed by atoms with Crippen molar-refractivity contribution in [2.24, 2.45) is 0 Å². The van der Waals surface area contributed by atoms with Crippen LogP contribution in [-0.4, -0.2) is 35.8 Å². The summed E-state index contributed by atoms with van der Waals surface area (Å²) in [6.45, 7) is 0.629. The van der Waals surface area contributed by atoms with Crippen molar-refractivity contribution in [3.8, 4) is 0 Å². The molecule has 1 unspecified atom stereocenters. The van der Waals surface area contributed by atoms with E-state index in [-0.39, 0.29) is 12.4 Å². The molecule has 0 aromatic heterocycles. The summed E-state index contributed by atoms with van der Waals surface area (Å²) in [5.74, 6) is -0.345. The Bertz CT molecular complexity index is 676. The molecule has 3 nitrogen and oxygen atoms in total. The Hall–Kier alpha value is -1.40. The van der Waals surface area contributed by atoms with Crippen LogP contribution in [0.3, 0.4) is 0 Å². The lowest BCUT2D eigenvalue weighted by molar-refractivity contribution is 0.0640. The first kappa shape index (κ1) is 18.9. The smallest absolute Gasteiger partial charge is 0.123 e. The van der Waals surface area contributed by atoms with Gasteiger partial charge in [-0.3, -0.25) is 0 Å². The number of halogens is 1. The lowest BCUT2D eigenvalue weighted by Crippen LogP contribution is -2.30. The monoisotopic (exact) mass is 349 g/mol. The van der Waals surface area contributed by atoms with Crippen LogP contribution in [0.1, 0.15) is 29.5 Å². The molecule has 2 N–H and O–H groups in total. The summed E-state index contributed by atoms with van der Waals surface area (Å²) in [4.78, 5) is 2.77. The molecule has 5 heteroatoms. The topological polar surface area (TPSA) is 43.7 Å². The third-order valence-electron chi connectivity index (χ3n) is 4.17. The second-order valence-electron chi connectivity index (χ2n) is 6.27. The van der Waals surface area contributed by atoms with E-state index in [0.29, 0.717) is 23.1 Å². The Morgan fingerprint density at radius 3 is 2.38 bits per heavy atom. The van der Waals surface area contributed by atoms with Crippen LogP contribution >= 0.6 is 12.6 Å². The molecule has 2 rings (SSSR count). The van der Waals surface area contributed by atoms with E-state index in [4.69, 9.17) is 0 Å². The largest absolute Gasteiger partial charge is 0.392 e. The zero-order valence-corrected chi connectivity index (χ0v) is 14.9. The van der Waals surface area contributed by atoms with E-state index >= 15 is 0 Å². The zero-order valence-electron chi connectivity index (χ0n) is 14.0. The molecule has 0 radical (unpaired) electrons. The molecule has 2 aromatic carbocycles. The molecule has 0 saturated carbocycles. The van der Waals surface area contributed by atoms with Crippen molar-refractivity contribution in [2.45, 2.75) is 29.9 Å². The number of aliphatic hydroxyl groups excluding tert-OH is 1. The van der Waals surface area contributed by atoms with Gasteiger partial charge in [-0.15, -0.1) is 12.6 Å². The summed E-state index contributed by atoms with van der Waals surface area (Å²) in [6.07, 6.45) is 1.23. The van der Waals surface area contributed by atoms with Gasteiger partial charge in [0.1, 0.15) is 11.4 Å². The maximum Gasteiger partial charge on any atom is 0.123 e. The first-order chi connectivity index (χ1) is 11.4. The van der Waals surface area contributed by atoms with Gasteiger partial charge in [-0.05, 0) is 74.4 Å². The molecule has 0 spiro atoms. The Morgan fingerprint density at radius 1 is 1.12 bits per heavy atom. The molecular weight excluding hydrogens is 325 g/mol. The van der Waals surface area contributed by atoms with E-state index in [0.717, 1.165) is 17.9 Å². The average Bonchev–Trinajstić information content (AvgIpc) is 2.54.